The zero-order valence-corrected chi connectivity index (χ0v) is 10.9. The van der Waals surface area contributed by atoms with Crippen LogP contribution in [0.1, 0.15) is 16.8 Å². The van der Waals surface area contributed by atoms with Gasteiger partial charge in [0.05, 0.1) is 11.2 Å². The minimum atomic E-state index is -4.80. The summed E-state index contributed by atoms with van der Waals surface area (Å²) in [5.74, 6) is -2.14. The topological polar surface area (TPSA) is 63.6 Å². The van der Waals surface area contributed by atoms with E-state index in [0.29, 0.717) is 0 Å². The van der Waals surface area contributed by atoms with Crippen molar-refractivity contribution in [1.82, 2.24) is 0 Å². The van der Waals surface area contributed by atoms with Gasteiger partial charge in [0.1, 0.15) is 5.75 Å². The molecule has 1 rings (SSSR count). The molecule has 0 aliphatic heterocycles. The molecule has 0 fully saturated rings. The van der Waals surface area contributed by atoms with E-state index in [4.69, 9.17) is 5.11 Å². The largest absolute Gasteiger partial charge is 0.573 e. The smallest absolute Gasteiger partial charge is 0.481 e. The molecule has 0 saturated heterocycles. The summed E-state index contributed by atoms with van der Waals surface area (Å²) in [5.41, 5.74) is 0.0950. The number of carboxylic acid groups (broad SMARTS) is 1. The summed E-state index contributed by atoms with van der Waals surface area (Å²) in [6.45, 7) is 0. The van der Waals surface area contributed by atoms with Gasteiger partial charge in [-0.1, -0.05) is 15.9 Å². The van der Waals surface area contributed by atoms with E-state index in [0.717, 1.165) is 24.3 Å². The third kappa shape index (κ3) is 5.29. The molecule has 0 aliphatic rings. The summed E-state index contributed by atoms with van der Waals surface area (Å²) >= 11 is 2.91. The summed E-state index contributed by atoms with van der Waals surface area (Å²) in [6.07, 6.45) is -5.22. The summed E-state index contributed by atoms with van der Waals surface area (Å²) in [5, 5.41) is 8.52. The van der Waals surface area contributed by atoms with E-state index in [1.54, 1.807) is 0 Å². The van der Waals surface area contributed by atoms with Crippen LogP contribution in [0.5, 0.6) is 5.75 Å². The molecule has 0 aliphatic carbocycles. The van der Waals surface area contributed by atoms with E-state index in [1.807, 2.05) is 0 Å². The van der Waals surface area contributed by atoms with Crippen molar-refractivity contribution in [2.75, 3.05) is 0 Å². The predicted molar refractivity (Wildman–Crippen MR) is 62.4 cm³/mol. The van der Waals surface area contributed by atoms with Crippen LogP contribution in [0.2, 0.25) is 0 Å². The van der Waals surface area contributed by atoms with Crippen molar-refractivity contribution in [1.29, 1.82) is 0 Å². The second-order valence-electron chi connectivity index (χ2n) is 3.50. The van der Waals surface area contributed by atoms with Crippen LogP contribution in [0.25, 0.3) is 0 Å². The molecule has 0 amide bonds. The van der Waals surface area contributed by atoms with Gasteiger partial charge in [-0.05, 0) is 24.3 Å². The molecular formula is C11H8BrF3O4. The fraction of sp³-hybridized carbons (Fsp3) is 0.273. The van der Waals surface area contributed by atoms with Crippen LogP contribution < -0.4 is 4.74 Å². The fourth-order valence-corrected chi connectivity index (χ4v) is 1.79. The van der Waals surface area contributed by atoms with Crippen LogP contribution in [0.15, 0.2) is 24.3 Å². The van der Waals surface area contributed by atoms with Gasteiger partial charge in [-0.15, -0.1) is 13.2 Å². The summed E-state index contributed by atoms with van der Waals surface area (Å²) in [6, 6.07) is 4.25. The van der Waals surface area contributed by atoms with Crippen molar-refractivity contribution in [3.05, 3.63) is 29.8 Å². The molecule has 0 heterocycles. The normalized spacial score (nSPS) is 12.8. The molecule has 1 N–H and O–H groups in total. The third-order valence-corrected chi connectivity index (χ3v) is 2.75. The van der Waals surface area contributed by atoms with Gasteiger partial charge >= 0.3 is 12.3 Å². The van der Waals surface area contributed by atoms with Crippen molar-refractivity contribution in [3.63, 3.8) is 0 Å². The average molecular weight is 341 g/mol. The van der Waals surface area contributed by atoms with Gasteiger partial charge in [0.25, 0.3) is 0 Å². The second-order valence-corrected chi connectivity index (χ2v) is 4.61. The molecule has 8 heteroatoms. The first-order chi connectivity index (χ1) is 8.69. The molecule has 0 saturated carbocycles. The number of carboxylic acids is 1. The highest BCUT2D eigenvalue weighted by Gasteiger charge is 2.31. The van der Waals surface area contributed by atoms with Gasteiger partial charge < -0.3 is 9.84 Å². The number of carbonyl (C=O) groups excluding carboxylic acids is 1. The van der Waals surface area contributed by atoms with Crippen LogP contribution in [-0.4, -0.2) is 28.0 Å². The lowest BCUT2D eigenvalue weighted by Gasteiger charge is -2.10. The Kier molecular flexibility index (Phi) is 4.93. The minimum absolute atomic E-state index is 0.0950. The Bertz CT molecular complexity index is 470. The van der Waals surface area contributed by atoms with Gasteiger partial charge in [0.15, 0.2) is 5.78 Å². The highest BCUT2D eigenvalue weighted by atomic mass is 79.9. The summed E-state index contributed by atoms with van der Waals surface area (Å²) < 4.78 is 39.4. The van der Waals surface area contributed by atoms with Crippen molar-refractivity contribution in [3.8, 4) is 5.75 Å². The molecule has 104 valence electrons. The lowest BCUT2D eigenvalue weighted by molar-refractivity contribution is -0.274. The van der Waals surface area contributed by atoms with Gasteiger partial charge in [-0.2, -0.15) is 0 Å². The quantitative estimate of drug-likeness (QED) is 0.661. The number of ether oxygens (including phenoxy) is 1. The minimum Gasteiger partial charge on any atom is -0.481 e. The first-order valence-corrected chi connectivity index (χ1v) is 5.86. The first kappa shape index (κ1) is 15.5. The Hall–Kier alpha value is -1.57. The standard InChI is InChI=1S/C11H8BrF3O4/c12-8(5-9(16)17)10(18)6-1-3-7(4-2-6)19-11(13,14)15/h1-4,8H,5H2,(H,16,17). The molecule has 1 atom stereocenters. The summed E-state index contributed by atoms with van der Waals surface area (Å²) in [4.78, 5) is 21.2. The number of ketones is 1. The number of carbonyl (C=O) groups is 2. The molecule has 0 bridgehead atoms. The Balaban J connectivity index is 2.76. The molecule has 0 spiro atoms. The number of halogens is 4. The van der Waals surface area contributed by atoms with Crippen molar-refractivity contribution < 1.29 is 32.6 Å². The number of alkyl halides is 4. The van der Waals surface area contributed by atoms with E-state index < -0.39 is 35.1 Å². The number of hydrogen-bond acceptors (Lipinski definition) is 3. The molecule has 1 aromatic carbocycles. The Morgan fingerprint density at radius 2 is 1.79 bits per heavy atom. The molecule has 1 unspecified atom stereocenters. The number of benzene rings is 1. The Morgan fingerprint density at radius 1 is 1.26 bits per heavy atom. The maximum absolute atomic E-state index is 11.9. The molecule has 19 heavy (non-hydrogen) atoms. The SMILES string of the molecule is O=C(O)CC(Br)C(=O)c1ccc(OC(F)(F)F)cc1. The van der Waals surface area contributed by atoms with E-state index in [1.165, 1.54) is 0 Å². The lowest BCUT2D eigenvalue weighted by Crippen LogP contribution is -2.19. The monoisotopic (exact) mass is 340 g/mol. The number of rotatable bonds is 5. The lowest BCUT2D eigenvalue weighted by atomic mass is 10.1. The molecule has 0 aromatic heterocycles. The Labute approximate surface area is 114 Å². The third-order valence-electron chi connectivity index (χ3n) is 2.01. The van der Waals surface area contributed by atoms with Crippen molar-refractivity contribution in [2.45, 2.75) is 17.6 Å². The predicted octanol–water partition coefficient (Wildman–Crippen LogP) is 3.01. The van der Waals surface area contributed by atoms with Crippen LogP contribution in [0.4, 0.5) is 13.2 Å². The molecule has 1 aromatic rings. The highest BCUT2D eigenvalue weighted by molar-refractivity contribution is 9.10. The van der Waals surface area contributed by atoms with Gasteiger partial charge in [0.2, 0.25) is 0 Å². The number of Topliss-reactive ketones (excluding diaryl/α,β-unsaturated/α-hetero) is 1. The maximum Gasteiger partial charge on any atom is 0.573 e. The Morgan fingerprint density at radius 3 is 2.21 bits per heavy atom. The van der Waals surface area contributed by atoms with E-state index in [9.17, 15) is 22.8 Å². The zero-order chi connectivity index (χ0) is 14.6. The van der Waals surface area contributed by atoms with Crippen molar-refractivity contribution in [2.24, 2.45) is 0 Å². The van der Waals surface area contributed by atoms with Crippen LogP contribution in [0.3, 0.4) is 0 Å². The van der Waals surface area contributed by atoms with E-state index in [-0.39, 0.29) is 5.56 Å². The van der Waals surface area contributed by atoms with Gasteiger partial charge in [0, 0.05) is 5.56 Å². The molecule has 4 nitrogen and oxygen atoms in total. The molecular weight excluding hydrogens is 333 g/mol. The highest BCUT2D eigenvalue weighted by Crippen LogP contribution is 2.23. The van der Waals surface area contributed by atoms with Gasteiger partial charge in [-0.25, -0.2) is 0 Å². The fourth-order valence-electron chi connectivity index (χ4n) is 1.25. The number of hydrogen-bond donors (Lipinski definition) is 1. The molecule has 0 radical (unpaired) electrons. The van der Waals surface area contributed by atoms with Crippen LogP contribution >= 0.6 is 15.9 Å². The van der Waals surface area contributed by atoms with Gasteiger partial charge in [-0.3, -0.25) is 9.59 Å². The van der Waals surface area contributed by atoms with Crippen LogP contribution in [0, 0.1) is 0 Å². The maximum atomic E-state index is 11.9. The van der Waals surface area contributed by atoms with E-state index in [2.05, 4.69) is 20.7 Å². The summed E-state index contributed by atoms with van der Waals surface area (Å²) in [7, 11) is 0. The number of aliphatic carboxylic acids is 1. The zero-order valence-electron chi connectivity index (χ0n) is 9.28. The second kappa shape index (κ2) is 6.05. The van der Waals surface area contributed by atoms with E-state index >= 15 is 0 Å². The first-order valence-electron chi connectivity index (χ1n) is 4.95. The van der Waals surface area contributed by atoms with Crippen LogP contribution in [-0.2, 0) is 4.79 Å². The van der Waals surface area contributed by atoms with Crippen molar-refractivity contribution >= 4 is 27.7 Å². The average Bonchev–Trinajstić information content (AvgIpc) is 2.26.